The lowest BCUT2D eigenvalue weighted by Gasteiger charge is -2.09. The van der Waals surface area contributed by atoms with E-state index in [0.29, 0.717) is 17.2 Å². The van der Waals surface area contributed by atoms with Crippen molar-refractivity contribution in [2.75, 3.05) is 12.5 Å². The Labute approximate surface area is 174 Å². The fourth-order valence-corrected chi connectivity index (χ4v) is 2.94. The van der Waals surface area contributed by atoms with Gasteiger partial charge in [-0.3, -0.25) is 0 Å². The van der Waals surface area contributed by atoms with Gasteiger partial charge in [-0.25, -0.2) is 15.4 Å². The van der Waals surface area contributed by atoms with Crippen LogP contribution < -0.4 is 10.2 Å². The Kier molecular flexibility index (Phi) is 5.66. The number of ether oxygens (including phenoxy) is 1. The lowest BCUT2D eigenvalue weighted by Crippen LogP contribution is -2.00. The summed E-state index contributed by atoms with van der Waals surface area (Å²) < 4.78 is 5.16. The summed E-state index contributed by atoms with van der Waals surface area (Å²) in [5, 5.41) is 14.5. The topological polar surface area (TPSA) is 79.6 Å². The summed E-state index contributed by atoms with van der Waals surface area (Å²) in [6.07, 6.45) is 1.68. The number of aromatic nitrogens is 2. The highest BCUT2D eigenvalue weighted by atomic mass is 16.5. The van der Waals surface area contributed by atoms with Crippen LogP contribution in [0.15, 0.2) is 90.0 Å². The molecule has 0 bridgehead atoms. The van der Waals surface area contributed by atoms with E-state index in [9.17, 15) is 5.11 Å². The largest absolute Gasteiger partial charge is 0.507 e. The number of rotatable bonds is 6. The van der Waals surface area contributed by atoms with Gasteiger partial charge in [0.05, 0.1) is 24.7 Å². The Balaban J connectivity index is 1.67. The first-order valence-electron chi connectivity index (χ1n) is 9.39. The molecule has 0 radical (unpaired) electrons. The molecule has 0 atom stereocenters. The minimum atomic E-state index is 0.155. The monoisotopic (exact) mass is 396 g/mol. The normalized spacial score (nSPS) is 10.8. The number of nitrogens with one attached hydrogen (secondary N) is 1. The Bertz CT molecular complexity index is 1160. The average Bonchev–Trinajstić information content (AvgIpc) is 2.80. The first kappa shape index (κ1) is 19.1. The number of hydrogen-bond donors (Lipinski definition) is 2. The number of phenols is 1. The quantitative estimate of drug-likeness (QED) is 0.355. The molecule has 1 aromatic heterocycles. The van der Waals surface area contributed by atoms with Gasteiger partial charge in [-0.05, 0) is 48.0 Å². The van der Waals surface area contributed by atoms with E-state index in [4.69, 9.17) is 4.74 Å². The van der Waals surface area contributed by atoms with Crippen LogP contribution in [0.2, 0.25) is 0 Å². The number of hydrogen-bond acceptors (Lipinski definition) is 6. The Morgan fingerprint density at radius 1 is 0.867 bits per heavy atom. The molecule has 6 nitrogen and oxygen atoms in total. The number of para-hydroxylation sites is 1. The number of phenolic OH excluding ortho intramolecular Hbond substituents is 1. The standard InChI is InChI=1S/C24H20N4O2/c1-30-19-13-11-17(12-14-19)16-25-28-24-26-21(18-7-3-2-4-8-18)15-22(27-24)20-9-5-6-10-23(20)29/h2-16,29H,1H3,(H,26,27,28)/b25-16+. The third-order valence-electron chi connectivity index (χ3n) is 4.47. The molecule has 30 heavy (non-hydrogen) atoms. The van der Waals surface area contributed by atoms with E-state index in [0.717, 1.165) is 22.6 Å². The zero-order valence-corrected chi connectivity index (χ0v) is 16.4. The molecule has 0 amide bonds. The van der Waals surface area contributed by atoms with Crippen LogP contribution in [0.25, 0.3) is 22.5 Å². The molecule has 0 saturated heterocycles. The van der Waals surface area contributed by atoms with E-state index in [1.807, 2.05) is 72.8 Å². The second-order valence-corrected chi connectivity index (χ2v) is 6.49. The number of aromatic hydroxyl groups is 1. The number of methoxy groups -OCH3 is 1. The van der Waals surface area contributed by atoms with E-state index in [1.165, 1.54) is 0 Å². The Morgan fingerprint density at radius 3 is 2.30 bits per heavy atom. The molecule has 148 valence electrons. The summed E-state index contributed by atoms with van der Waals surface area (Å²) in [7, 11) is 1.63. The van der Waals surface area contributed by atoms with Gasteiger partial charge in [-0.2, -0.15) is 5.10 Å². The molecule has 2 N–H and O–H groups in total. The van der Waals surface area contributed by atoms with Crippen LogP contribution in [-0.2, 0) is 0 Å². The molecular weight excluding hydrogens is 376 g/mol. The van der Waals surface area contributed by atoms with E-state index < -0.39 is 0 Å². The number of anilines is 1. The Hall–Kier alpha value is -4.19. The lowest BCUT2D eigenvalue weighted by molar-refractivity contribution is 0.415. The van der Waals surface area contributed by atoms with Gasteiger partial charge < -0.3 is 9.84 Å². The molecule has 0 aliphatic rings. The van der Waals surface area contributed by atoms with Gasteiger partial charge in [0, 0.05) is 11.1 Å². The maximum Gasteiger partial charge on any atom is 0.244 e. The maximum absolute atomic E-state index is 10.3. The first-order chi connectivity index (χ1) is 14.7. The minimum absolute atomic E-state index is 0.155. The van der Waals surface area contributed by atoms with E-state index >= 15 is 0 Å². The van der Waals surface area contributed by atoms with Crippen molar-refractivity contribution in [2.24, 2.45) is 5.10 Å². The van der Waals surface area contributed by atoms with Gasteiger partial charge in [0.15, 0.2) is 0 Å². The van der Waals surface area contributed by atoms with Gasteiger partial charge in [-0.15, -0.1) is 0 Å². The molecule has 0 saturated carbocycles. The summed E-state index contributed by atoms with van der Waals surface area (Å²) >= 11 is 0. The fraction of sp³-hybridized carbons (Fsp3) is 0.0417. The molecule has 1 heterocycles. The van der Waals surface area contributed by atoms with Gasteiger partial charge in [0.1, 0.15) is 11.5 Å². The highest BCUT2D eigenvalue weighted by Crippen LogP contribution is 2.30. The predicted octanol–water partition coefficient (Wildman–Crippen LogP) is 4.97. The minimum Gasteiger partial charge on any atom is -0.507 e. The van der Waals surface area contributed by atoms with Crippen molar-refractivity contribution in [2.45, 2.75) is 0 Å². The molecule has 4 aromatic rings. The smallest absolute Gasteiger partial charge is 0.244 e. The van der Waals surface area contributed by atoms with Crippen LogP contribution >= 0.6 is 0 Å². The molecule has 0 aliphatic carbocycles. The lowest BCUT2D eigenvalue weighted by atomic mass is 10.1. The molecule has 4 rings (SSSR count). The molecule has 6 heteroatoms. The van der Waals surface area contributed by atoms with Gasteiger partial charge >= 0.3 is 0 Å². The van der Waals surface area contributed by atoms with Gasteiger partial charge in [0.25, 0.3) is 0 Å². The summed E-state index contributed by atoms with van der Waals surface area (Å²) in [6, 6.07) is 26.3. The van der Waals surface area contributed by atoms with Gasteiger partial charge in [0.2, 0.25) is 5.95 Å². The van der Waals surface area contributed by atoms with Crippen molar-refractivity contribution in [1.29, 1.82) is 0 Å². The summed E-state index contributed by atoms with van der Waals surface area (Å²) in [5.41, 5.74) is 6.70. The second kappa shape index (κ2) is 8.87. The van der Waals surface area contributed by atoms with E-state index in [2.05, 4.69) is 20.5 Å². The highest BCUT2D eigenvalue weighted by molar-refractivity contribution is 5.80. The van der Waals surface area contributed by atoms with Crippen LogP contribution in [-0.4, -0.2) is 28.4 Å². The third kappa shape index (κ3) is 4.44. The average molecular weight is 396 g/mol. The number of benzene rings is 3. The molecular formula is C24H20N4O2. The van der Waals surface area contributed by atoms with Crippen molar-refractivity contribution < 1.29 is 9.84 Å². The molecule has 3 aromatic carbocycles. The predicted molar refractivity (Wildman–Crippen MR) is 119 cm³/mol. The highest BCUT2D eigenvalue weighted by Gasteiger charge is 2.11. The van der Waals surface area contributed by atoms with Crippen LogP contribution in [0.1, 0.15) is 5.56 Å². The number of nitrogens with zero attached hydrogens (tertiary/aromatic N) is 3. The van der Waals surface area contributed by atoms with Crippen LogP contribution in [0.4, 0.5) is 5.95 Å². The molecule has 0 spiro atoms. The summed E-state index contributed by atoms with van der Waals surface area (Å²) in [4.78, 5) is 9.11. The third-order valence-corrected chi connectivity index (χ3v) is 4.47. The molecule has 0 aliphatic heterocycles. The zero-order valence-electron chi connectivity index (χ0n) is 16.4. The molecule has 0 fully saturated rings. The summed E-state index contributed by atoms with van der Waals surface area (Å²) in [5.74, 6) is 1.27. The summed E-state index contributed by atoms with van der Waals surface area (Å²) in [6.45, 7) is 0. The van der Waals surface area contributed by atoms with E-state index in [1.54, 1.807) is 25.5 Å². The second-order valence-electron chi connectivity index (χ2n) is 6.49. The van der Waals surface area contributed by atoms with Crippen molar-refractivity contribution in [3.05, 3.63) is 90.5 Å². The van der Waals surface area contributed by atoms with Crippen molar-refractivity contribution in [3.8, 4) is 34.0 Å². The van der Waals surface area contributed by atoms with Gasteiger partial charge in [-0.1, -0.05) is 42.5 Å². The number of hydrazone groups is 1. The van der Waals surface area contributed by atoms with Crippen molar-refractivity contribution >= 4 is 12.2 Å². The SMILES string of the molecule is COc1ccc(/C=N/Nc2nc(-c3ccccc3)cc(-c3ccccc3O)n2)cc1. The fourth-order valence-electron chi connectivity index (χ4n) is 2.94. The van der Waals surface area contributed by atoms with Crippen molar-refractivity contribution in [1.82, 2.24) is 9.97 Å². The van der Waals surface area contributed by atoms with E-state index in [-0.39, 0.29) is 5.75 Å². The zero-order chi connectivity index (χ0) is 20.8. The van der Waals surface area contributed by atoms with Crippen LogP contribution in [0.3, 0.4) is 0 Å². The first-order valence-corrected chi connectivity index (χ1v) is 9.39. The molecule has 0 unspecified atom stereocenters. The maximum atomic E-state index is 10.3. The van der Waals surface area contributed by atoms with Crippen LogP contribution in [0, 0.1) is 0 Å². The van der Waals surface area contributed by atoms with Crippen LogP contribution in [0.5, 0.6) is 11.5 Å². The van der Waals surface area contributed by atoms with Crippen molar-refractivity contribution in [3.63, 3.8) is 0 Å². The Morgan fingerprint density at radius 2 is 1.57 bits per heavy atom.